The molecule has 0 aliphatic carbocycles. The van der Waals surface area contributed by atoms with Crippen LogP contribution in [0.3, 0.4) is 0 Å². The number of aromatic nitrogens is 3. The zero-order valence-corrected chi connectivity index (χ0v) is 15.5. The Hall–Kier alpha value is -1.24. The molecule has 0 bridgehead atoms. The van der Waals surface area contributed by atoms with Gasteiger partial charge in [-0.15, -0.1) is 10.2 Å². The number of hydrogen-bond acceptors (Lipinski definition) is 4. The molecule has 0 amide bonds. The highest BCUT2D eigenvalue weighted by Crippen LogP contribution is 2.27. The molecule has 4 nitrogen and oxygen atoms in total. The Labute approximate surface area is 148 Å². The monoisotopic (exact) mass is 390 g/mol. The van der Waals surface area contributed by atoms with Crippen LogP contribution in [0.15, 0.2) is 34.9 Å². The average Bonchev–Trinajstić information content (AvgIpc) is 3.09. The topological polar surface area (TPSA) is 33.4 Å². The van der Waals surface area contributed by atoms with Crippen LogP contribution in [0.5, 0.6) is 0 Å². The number of fused-ring (bicyclic) bond motifs is 1. The van der Waals surface area contributed by atoms with Crippen molar-refractivity contribution in [3.8, 4) is 11.4 Å². The van der Waals surface area contributed by atoms with Crippen LogP contribution in [0.4, 0.5) is 0 Å². The first-order valence-corrected chi connectivity index (χ1v) is 9.65. The van der Waals surface area contributed by atoms with Crippen molar-refractivity contribution in [3.63, 3.8) is 0 Å². The minimum Gasteiger partial charge on any atom is -0.296 e. The van der Waals surface area contributed by atoms with E-state index in [1.165, 1.54) is 30.7 Å². The van der Waals surface area contributed by atoms with E-state index in [2.05, 4.69) is 60.7 Å². The molecule has 1 atom stereocenters. The Bertz CT molecular complexity index is 825. The molecular formula is C17H19BrN4S. The molecule has 3 heterocycles. The van der Waals surface area contributed by atoms with Gasteiger partial charge in [0.2, 0.25) is 4.96 Å². The number of rotatable bonds is 3. The molecule has 120 valence electrons. The van der Waals surface area contributed by atoms with Gasteiger partial charge in [-0.25, -0.2) is 0 Å². The smallest absolute Gasteiger partial charge is 0.216 e. The first-order valence-electron chi connectivity index (χ1n) is 8.04. The van der Waals surface area contributed by atoms with Crippen molar-refractivity contribution in [2.24, 2.45) is 0 Å². The van der Waals surface area contributed by atoms with Crippen LogP contribution >= 0.6 is 27.3 Å². The van der Waals surface area contributed by atoms with Gasteiger partial charge in [0.1, 0.15) is 0 Å². The van der Waals surface area contributed by atoms with E-state index < -0.39 is 0 Å². The summed E-state index contributed by atoms with van der Waals surface area (Å²) in [6, 6.07) is 8.90. The van der Waals surface area contributed by atoms with Crippen LogP contribution in [0, 0.1) is 0 Å². The van der Waals surface area contributed by atoms with Gasteiger partial charge in [-0.2, -0.15) is 0 Å². The van der Waals surface area contributed by atoms with E-state index in [0.29, 0.717) is 6.04 Å². The van der Waals surface area contributed by atoms with Gasteiger partial charge in [0, 0.05) is 33.7 Å². The highest BCUT2D eigenvalue weighted by Gasteiger charge is 2.20. The number of likely N-dealkylation sites (tertiary alicyclic amines) is 1. The summed E-state index contributed by atoms with van der Waals surface area (Å²) in [5.41, 5.74) is 1.09. The van der Waals surface area contributed by atoms with Crippen molar-refractivity contribution in [3.05, 3.63) is 39.8 Å². The molecule has 0 N–H and O–H groups in total. The lowest BCUT2D eigenvalue weighted by molar-refractivity contribution is 0.154. The number of benzene rings is 1. The van der Waals surface area contributed by atoms with Crippen LogP contribution in [-0.4, -0.2) is 32.1 Å². The summed E-state index contributed by atoms with van der Waals surface area (Å²) in [6.45, 7) is 4.57. The molecule has 3 aromatic rings. The normalized spacial score (nSPS) is 19.5. The van der Waals surface area contributed by atoms with Crippen molar-refractivity contribution in [2.75, 3.05) is 6.54 Å². The number of halogens is 1. The summed E-state index contributed by atoms with van der Waals surface area (Å²) in [7, 11) is 0. The van der Waals surface area contributed by atoms with Crippen molar-refractivity contribution in [2.45, 2.75) is 38.8 Å². The summed E-state index contributed by atoms with van der Waals surface area (Å²) in [6.07, 6.45) is 6.20. The van der Waals surface area contributed by atoms with Crippen LogP contribution < -0.4 is 0 Å². The Morgan fingerprint density at radius 3 is 3.04 bits per heavy atom. The second-order valence-electron chi connectivity index (χ2n) is 6.20. The molecule has 1 aromatic carbocycles. The highest BCUT2D eigenvalue weighted by atomic mass is 79.9. The van der Waals surface area contributed by atoms with E-state index >= 15 is 0 Å². The van der Waals surface area contributed by atoms with Crippen molar-refractivity contribution in [1.29, 1.82) is 0 Å². The number of piperidine rings is 1. The van der Waals surface area contributed by atoms with Crippen LogP contribution in [0.2, 0.25) is 0 Å². The lowest BCUT2D eigenvalue weighted by Crippen LogP contribution is -2.36. The van der Waals surface area contributed by atoms with Gasteiger partial charge >= 0.3 is 0 Å². The van der Waals surface area contributed by atoms with Crippen molar-refractivity contribution in [1.82, 2.24) is 19.5 Å². The van der Waals surface area contributed by atoms with Gasteiger partial charge in [-0.1, -0.05) is 45.8 Å². The molecular weight excluding hydrogens is 372 g/mol. The van der Waals surface area contributed by atoms with Gasteiger partial charge in [-0.05, 0) is 38.4 Å². The van der Waals surface area contributed by atoms with Gasteiger partial charge in [0.05, 0.1) is 0 Å². The summed E-state index contributed by atoms with van der Waals surface area (Å²) in [5, 5.41) is 8.71. The van der Waals surface area contributed by atoms with Crippen molar-refractivity contribution < 1.29 is 0 Å². The first kappa shape index (κ1) is 15.3. The lowest BCUT2D eigenvalue weighted by atomic mass is 10.0. The van der Waals surface area contributed by atoms with E-state index in [-0.39, 0.29) is 0 Å². The van der Waals surface area contributed by atoms with Gasteiger partial charge in [0.15, 0.2) is 5.82 Å². The maximum atomic E-state index is 4.36. The number of thiazole rings is 1. The van der Waals surface area contributed by atoms with E-state index in [1.54, 1.807) is 11.3 Å². The highest BCUT2D eigenvalue weighted by molar-refractivity contribution is 9.10. The van der Waals surface area contributed by atoms with E-state index in [9.17, 15) is 0 Å². The fourth-order valence-electron chi connectivity index (χ4n) is 3.24. The molecule has 1 unspecified atom stereocenters. The maximum absolute atomic E-state index is 4.36. The predicted molar refractivity (Wildman–Crippen MR) is 97.7 cm³/mol. The molecule has 0 spiro atoms. The molecule has 23 heavy (non-hydrogen) atoms. The van der Waals surface area contributed by atoms with Crippen LogP contribution in [0.25, 0.3) is 16.3 Å². The third kappa shape index (κ3) is 3.07. The van der Waals surface area contributed by atoms with Gasteiger partial charge < -0.3 is 0 Å². The molecule has 1 aliphatic heterocycles. The molecule has 2 aromatic heterocycles. The van der Waals surface area contributed by atoms with E-state index in [0.717, 1.165) is 27.4 Å². The molecule has 6 heteroatoms. The second kappa shape index (κ2) is 6.34. The third-order valence-electron chi connectivity index (χ3n) is 4.54. The molecule has 1 aliphatic rings. The second-order valence-corrected chi connectivity index (χ2v) is 8.21. The minimum absolute atomic E-state index is 0.681. The minimum atomic E-state index is 0.681. The summed E-state index contributed by atoms with van der Waals surface area (Å²) < 4.78 is 3.18. The Morgan fingerprint density at radius 2 is 2.22 bits per heavy atom. The van der Waals surface area contributed by atoms with Gasteiger partial charge in [-0.3, -0.25) is 9.30 Å². The zero-order chi connectivity index (χ0) is 15.8. The molecule has 1 saturated heterocycles. The third-order valence-corrected chi connectivity index (χ3v) is 5.99. The molecule has 0 saturated carbocycles. The fraction of sp³-hybridized carbons (Fsp3) is 0.412. The fourth-order valence-corrected chi connectivity index (χ4v) is 4.58. The molecule has 1 fully saturated rings. The molecule has 4 rings (SSSR count). The van der Waals surface area contributed by atoms with Crippen molar-refractivity contribution >= 4 is 32.2 Å². The van der Waals surface area contributed by atoms with Gasteiger partial charge in [0.25, 0.3) is 0 Å². The quantitative estimate of drug-likeness (QED) is 0.655. The largest absolute Gasteiger partial charge is 0.296 e. The summed E-state index contributed by atoms with van der Waals surface area (Å²) >= 11 is 5.28. The maximum Gasteiger partial charge on any atom is 0.216 e. The standard InChI is InChI=1S/C17H19BrN4S/c1-12-5-2-3-8-21(12)10-15-11-22-16(19-20-17(22)23-15)13-6-4-7-14(18)9-13/h4,6-7,9,11-12H,2-3,5,8,10H2,1H3. The van der Waals surface area contributed by atoms with Crippen LogP contribution in [-0.2, 0) is 6.54 Å². The summed E-state index contributed by atoms with van der Waals surface area (Å²) in [5.74, 6) is 0.912. The molecule has 0 radical (unpaired) electrons. The first-order chi connectivity index (χ1) is 11.2. The average molecular weight is 391 g/mol. The Morgan fingerprint density at radius 1 is 1.30 bits per heavy atom. The number of hydrogen-bond donors (Lipinski definition) is 0. The van der Waals surface area contributed by atoms with Crippen LogP contribution in [0.1, 0.15) is 31.1 Å². The Balaban J connectivity index is 1.64. The van der Waals surface area contributed by atoms with E-state index in [4.69, 9.17) is 0 Å². The Kier molecular flexibility index (Phi) is 4.22. The van der Waals surface area contributed by atoms with E-state index in [1.807, 2.05) is 12.1 Å². The SMILES string of the molecule is CC1CCCCN1Cc1cn2c(-c3cccc(Br)c3)nnc2s1. The predicted octanol–water partition coefficient (Wildman–Crippen LogP) is 4.59. The lowest BCUT2D eigenvalue weighted by Gasteiger charge is -2.32. The summed E-state index contributed by atoms with van der Waals surface area (Å²) in [4.78, 5) is 4.92. The number of nitrogens with zero attached hydrogens (tertiary/aromatic N) is 4. The zero-order valence-electron chi connectivity index (χ0n) is 13.1.